The first-order valence-corrected chi connectivity index (χ1v) is 9.08. The second-order valence-electron chi connectivity index (χ2n) is 7.52. The first-order chi connectivity index (χ1) is 13.0. The maximum absolute atomic E-state index is 12.2. The highest BCUT2D eigenvalue weighted by Gasteiger charge is 2.23. The topological polar surface area (TPSA) is 161 Å². The molecule has 0 spiro atoms. The van der Waals surface area contributed by atoms with E-state index >= 15 is 0 Å². The summed E-state index contributed by atoms with van der Waals surface area (Å²) in [5.74, 6) is -1.70. The van der Waals surface area contributed by atoms with Crippen molar-refractivity contribution in [2.24, 2.45) is 12.8 Å². The Morgan fingerprint density at radius 1 is 1.32 bits per heavy atom. The number of nitrogens with one attached hydrogen (secondary N) is 2. The molecule has 2 amide bonds. The van der Waals surface area contributed by atoms with E-state index in [-0.39, 0.29) is 12.8 Å². The molecule has 0 bridgehead atoms. The van der Waals surface area contributed by atoms with Crippen LogP contribution >= 0.6 is 0 Å². The summed E-state index contributed by atoms with van der Waals surface area (Å²) in [4.78, 5) is 35.1. The Morgan fingerprint density at radius 3 is 2.54 bits per heavy atom. The van der Waals surface area contributed by atoms with E-state index in [0.29, 0.717) is 25.1 Å². The van der Waals surface area contributed by atoms with Gasteiger partial charge in [-0.1, -0.05) is 5.21 Å². The lowest BCUT2D eigenvalue weighted by atomic mass is 10.1. The molecule has 11 heteroatoms. The zero-order valence-electron chi connectivity index (χ0n) is 16.8. The summed E-state index contributed by atoms with van der Waals surface area (Å²) < 4.78 is 6.60. The molecule has 28 heavy (non-hydrogen) atoms. The average molecular weight is 398 g/mol. The molecule has 0 aliphatic rings. The predicted octanol–water partition coefficient (Wildman–Crippen LogP) is -0.0507. The average Bonchev–Trinajstić information content (AvgIpc) is 2.96. The van der Waals surface area contributed by atoms with E-state index < -0.39 is 35.7 Å². The van der Waals surface area contributed by atoms with Crippen molar-refractivity contribution in [3.05, 3.63) is 11.9 Å². The Morgan fingerprint density at radius 2 is 2.00 bits per heavy atom. The van der Waals surface area contributed by atoms with Crippen LogP contribution in [0, 0.1) is 0 Å². The molecule has 1 heterocycles. The molecule has 2 unspecified atom stereocenters. The highest BCUT2D eigenvalue weighted by Crippen LogP contribution is 2.07. The van der Waals surface area contributed by atoms with Crippen LogP contribution in [0.5, 0.6) is 0 Å². The molecule has 0 radical (unpaired) electrons. The largest absolute Gasteiger partial charge is 0.480 e. The Kier molecular flexibility index (Phi) is 8.83. The third kappa shape index (κ3) is 9.31. The summed E-state index contributed by atoms with van der Waals surface area (Å²) in [6.45, 7) is 5.65. The number of aliphatic carboxylic acids is 1. The van der Waals surface area contributed by atoms with Gasteiger partial charge in [0.1, 0.15) is 11.6 Å². The molecule has 5 N–H and O–H groups in total. The van der Waals surface area contributed by atoms with Crippen LogP contribution in [0.3, 0.4) is 0 Å². The first kappa shape index (κ1) is 23.3. The van der Waals surface area contributed by atoms with Crippen LogP contribution in [0.15, 0.2) is 6.20 Å². The van der Waals surface area contributed by atoms with Crippen LogP contribution in [0.25, 0.3) is 0 Å². The van der Waals surface area contributed by atoms with Crippen molar-refractivity contribution in [2.75, 3.05) is 6.54 Å². The molecule has 0 fully saturated rings. The second kappa shape index (κ2) is 10.6. The second-order valence-corrected chi connectivity index (χ2v) is 7.52. The number of unbranched alkanes of at least 4 members (excludes halogenated alkanes) is 1. The van der Waals surface area contributed by atoms with E-state index in [2.05, 4.69) is 20.9 Å². The highest BCUT2D eigenvalue weighted by molar-refractivity contribution is 5.86. The Balaban J connectivity index is 2.35. The Hall–Kier alpha value is -2.69. The molecule has 11 nitrogen and oxygen atoms in total. The van der Waals surface area contributed by atoms with E-state index in [1.54, 1.807) is 34.0 Å². The number of nitrogens with zero attached hydrogens (tertiary/aromatic N) is 3. The molecular formula is C17H30N6O5. The molecule has 1 rings (SSSR count). The lowest BCUT2D eigenvalue weighted by Gasteiger charge is -2.20. The number of carboxylic acid groups (broad SMARTS) is 1. The zero-order chi connectivity index (χ0) is 21.3. The van der Waals surface area contributed by atoms with Gasteiger partial charge >= 0.3 is 12.1 Å². The number of alkyl carbamates (subject to hydrolysis) is 1. The van der Waals surface area contributed by atoms with Crippen LogP contribution < -0.4 is 16.4 Å². The smallest absolute Gasteiger partial charge is 0.407 e. The summed E-state index contributed by atoms with van der Waals surface area (Å²) in [6, 6.07) is -1.98. The number of nitrogens with two attached hydrogens (primary N) is 1. The number of hydrogen-bond donors (Lipinski definition) is 4. The van der Waals surface area contributed by atoms with E-state index in [0.717, 1.165) is 0 Å². The minimum Gasteiger partial charge on any atom is -0.480 e. The number of aryl methyl sites for hydroxylation is 1. The molecule has 1 aromatic rings. The van der Waals surface area contributed by atoms with Gasteiger partial charge in [-0.15, -0.1) is 5.10 Å². The number of hydrogen-bond acceptors (Lipinski definition) is 7. The van der Waals surface area contributed by atoms with Gasteiger partial charge in [-0.05, 0) is 40.0 Å². The molecular weight excluding hydrogens is 368 g/mol. The summed E-state index contributed by atoms with van der Waals surface area (Å²) in [5, 5.41) is 21.9. The fourth-order valence-electron chi connectivity index (χ4n) is 2.32. The molecule has 1 aromatic heterocycles. The normalized spacial score (nSPS) is 13.5. The van der Waals surface area contributed by atoms with Crippen molar-refractivity contribution in [1.29, 1.82) is 0 Å². The van der Waals surface area contributed by atoms with E-state index in [1.165, 1.54) is 4.68 Å². The SMILES string of the molecule is Cn1cc(CC(N)C(=O)NC(CCCCNC(=O)OC(C)(C)C)C(=O)O)nn1. The van der Waals surface area contributed by atoms with Gasteiger partial charge in [0.15, 0.2) is 0 Å². The number of amides is 2. The van der Waals surface area contributed by atoms with E-state index in [1.807, 2.05) is 0 Å². The monoisotopic (exact) mass is 398 g/mol. The molecule has 0 saturated carbocycles. The predicted molar refractivity (Wildman–Crippen MR) is 100 cm³/mol. The maximum atomic E-state index is 12.2. The molecule has 0 saturated heterocycles. The third-order valence-corrected chi connectivity index (χ3v) is 3.62. The summed E-state index contributed by atoms with van der Waals surface area (Å²) in [7, 11) is 1.69. The van der Waals surface area contributed by atoms with Crippen molar-refractivity contribution in [1.82, 2.24) is 25.6 Å². The first-order valence-electron chi connectivity index (χ1n) is 9.08. The standard InChI is InChI=1S/C17H30N6O5/c1-17(2,3)28-16(27)19-8-6-5-7-13(15(25)26)20-14(24)12(18)9-11-10-23(4)22-21-11/h10,12-13H,5-9,18H2,1-4H3,(H,19,27)(H,20,24)(H,25,26). The van der Waals surface area contributed by atoms with Gasteiger partial charge in [-0.25, -0.2) is 9.59 Å². The summed E-state index contributed by atoms with van der Waals surface area (Å²) in [5.41, 5.74) is 5.79. The summed E-state index contributed by atoms with van der Waals surface area (Å²) >= 11 is 0. The van der Waals surface area contributed by atoms with Crippen LogP contribution in [0.2, 0.25) is 0 Å². The number of ether oxygens (including phenoxy) is 1. The van der Waals surface area contributed by atoms with Gasteiger partial charge in [0.05, 0.1) is 11.7 Å². The van der Waals surface area contributed by atoms with Crippen molar-refractivity contribution in [3.8, 4) is 0 Å². The molecule has 2 atom stereocenters. The van der Waals surface area contributed by atoms with Crippen molar-refractivity contribution < 1.29 is 24.2 Å². The number of carbonyl (C=O) groups is 3. The van der Waals surface area contributed by atoms with Gasteiger partial charge in [0.25, 0.3) is 0 Å². The number of rotatable bonds is 10. The highest BCUT2D eigenvalue weighted by atomic mass is 16.6. The molecule has 158 valence electrons. The number of carbonyl (C=O) groups excluding carboxylic acids is 2. The van der Waals surface area contributed by atoms with Crippen molar-refractivity contribution >= 4 is 18.0 Å². The minimum absolute atomic E-state index is 0.159. The van der Waals surface area contributed by atoms with Crippen LogP contribution in [0.1, 0.15) is 45.7 Å². The van der Waals surface area contributed by atoms with Gasteiger partial charge in [0.2, 0.25) is 5.91 Å². The quantitative estimate of drug-likeness (QED) is 0.399. The van der Waals surface area contributed by atoms with Crippen molar-refractivity contribution in [3.63, 3.8) is 0 Å². The fraction of sp³-hybridized carbons (Fsp3) is 0.706. The minimum atomic E-state index is -1.14. The Bertz CT molecular complexity index is 669. The number of aromatic nitrogens is 3. The van der Waals surface area contributed by atoms with Gasteiger partial charge in [0, 0.05) is 26.2 Å². The van der Waals surface area contributed by atoms with Crippen LogP contribution in [-0.2, 0) is 27.8 Å². The maximum Gasteiger partial charge on any atom is 0.407 e. The van der Waals surface area contributed by atoms with Gasteiger partial charge in [-0.2, -0.15) is 0 Å². The van der Waals surface area contributed by atoms with Crippen molar-refractivity contribution in [2.45, 2.75) is 64.1 Å². The van der Waals surface area contributed by atoms with Crippen LogP contribution in [0.4, 0.5) is 4.79 Å². The van der Waals surface area contributed by atoms with E-state index in [4.69, 9.17) is 10.5 Å². The lowest BCUT2D eigenvalue weighted by Crippen LogP contribution is -2.49. The third-order valence-electron chi connectivity index (χ3n) is 3.62. The summed E-state index contributed by atoms with van der Waals surface area (Å²) in [6.07, 6.45) is 2.53. The van der Waals surface area contributed by atoms with E-state index in [9.17, 15) is 19.5 Å². The molecule has 0 aliphatic heterocycles. The fourth-order valence-corrected chi connectivity index (χ4v) is 2.32. The number of carboxylic acids is 1. The Labute approximate surface area is 164 Å². The van der Waals surface area contributed by atoms with Crippen LogP contribution in [-0.4, -0.2) is 62.3 Å². The van der Waals surface area contributed by atoms with Gasteiger partial charge < -0.3 is 26.2 Å². The lowest BCUT2D eigenvalue weighted by molar-refractivity contribution is -0.142. The van der Waals surface area contributed by atoms with Gasteiger partial charge in [-0.3, -0.25) is 9.48 Å². The zero-order valence-corrected chi connectivity index (χ0v) is 16.8. The molecule has 0 aromatic carbocycles. The molecule has 0 aliphatic carbocycles.